The van der Waals surface area contributed by atoms with E-state index in [4.69, 9.17) is 5.11 Å². The molecule has 1 heterocycles. The lowest BCUT2D eigenvalue weighted by Gasteiger charge is -2.28. The van der Waals surface area contributed by atoms with E-state index in [2.05, 4.69) is 10.6 Å². The predicted octanol–water partition coefficient (Wildman–Crippen LogP) is 1.42. The van der Waals surface area contributed by atoms with Gasteiger partial charge in [0.15, 0.2) is 5.67 Å². The van der Waals surface area contributed by atoms with E-state index >= 15 is 0 Å². The van der Waals surface area contributed by atoms with Crippen molar-refractivity contribution in [1.29, 1.82) is 0 Å². The number of nitrogens with one attached hydrogen (secondary N) is 2. The first kappa shape index (κ1) is 11.9. The summed E-state index contributed by atoms with van der Waals surface area (Å²) in [6.07, 6.45) is 0.383. The number of halogens is 1. The van der Waals surface area contributed by atoms with Gasteiger partial charge in [0.1, 0.15) is 5.75 Å². The van der Waals surface area contributed by atoms with Crippen molar-refractivity contribution in [3.8, 4) is 5.75 Å². The fourth-order valence-electron chi connectivity index (χ4n) is 1.84. The molecule has 17 heavy (non-hydrogen) atoms. The molecule has 1 aliphatic heterocycles. The van der Waals surface area contributed by atoms with E-state index in [1.54, 1.807) is 0 Å². The molecule has 5 heteroatoms. The lowest BCUT2D eigenvalue weighted by molar-refractivity contribution is -0.128. The number of rotatable bonds is 2. The second-order valence-electron chi connectivity index (χ2n) is 4.22. The van der Waals surface area contributed by atoms with Gasteiger partial charge in [-0.3, -0.25) is 4.79 Å². The Morgan fingerprint density at radius 3 is 2.47 bits per heavy atom. The summed E-state index contributed by atoms with van der Waals surface area (Å²) >= 11 is 0. The van der Waals surface area contributed by atoms with Crippen LogP contribution in [0.2, 0.25) is 0 Å². The second-order valence-corrected chi connectivity index (χ2v) is 4.22. The Labute approximate surface area is 98.8 Å². The minimum absolute atomic E-state index is 0.111. The maximum atomic E-state index is 14.2. The molecule has 92 valence electrons. The highest BCUT2D eigenvalue weighted by atomic mass is 19.1. The van der Waals surface area contributed by atoms with Gasteiger partial charge in [-0.05, 0) is 37.4 Å². The quantitative estimate of drug-likeness (QED) is 0.683. The molecular weight excluding hydrogens is 223 g/mol. The lowest BCUT2D eigenvalue weighted by Crippen LogP contribution is -2.47. The Balaban J connectivity index is 2.03. The summed E-state index contributed by atoms with van der Waals surface area (Å²) in [6.45, 7) is 1.03. The van der Waals surface area contributed by atoms with Crippen LogP contribution in [0.1, 0.15) is 12.8 Å². The van der Waals surface area contributed by atoms with E-state index in [1.807, 2.05) is 0 Å². The van der Waals surface area contributed by atoms with Gasteiger partial charge in [-0.15, -0.1) is 0 Å². The smallest absolute Gasteiger partial charge is 0.262 e. The van der Waals surface area contributed by atoms with Gasteiger partial charge in [0.05, 0.1) is 0 Å². The number of hydrogen-bond donors (Lipinski definition) is 3. The van der Waals surface area contributed by atoms with Crippen LogP contribution in [-0.2, 0) is 4.79 Å². The Bertz CT molecular complexity index is 399. The molecule has 0 atom stereocenters. The molecule has 3 N–H and O–H groups in total. The Morgan fingerprint density at radius 1 is 1.29 bits per heavy atom. The van der Waals surface area contributed by atoms with E-state index in [0.29, 0.717) is 18.8 Å². The van der Waals surface area contributed by atoms with Crippen molar-refractivity contribution in [2.75, 3.05) is 18.4 Å². The first-order valence-corrected chi connectivity index (χ1v) is 5.60. The molecule has 4 nitrogen and oxygen atoms in total. The normalized spacial score (nSPS) is 18.6. The van der Waals surface area contributed by atoms with Gasteiger partial charge in [0, 0.05) is 18.5 Å². The van der Waals surface area contributed by atoms with Crippen molar-refractivity contribution in [2.45, 2.75) is 18.5 Å². The van der Waals surface area contributed by atoms with Gasteiger partial charge in [0.2, 0.25) is 0 Å². The van der Waals surface area contributed by atoms with Crippen molar-refractivity contribution < 1.29 is 14.3 Å². The van der Waals surface area contributed by atoms with Crippen LogP contribution in [0.5, 0.6) is 5.75 Å². The monoisotopic (exact) mass is 238 g/mol. The molecule has 1 saturated heterocycles. The highest BCUT2D eigenvalue weighted by molar-refractivity contribution is 5.97. The molecular formula is C12H15FN2O2. The molecule has 0 bridgehead atoms. The van der Waals surface area contributed by atoms with E-state index in [9.17, 15) is 9.18 Å². The SMILES string of the molecule is O=C(Nc1ccc(O)cc1)C1(F)CCNCC1. The summed E-state index contributed by atoms with van der Waals surface area (Å²) in [6, 6.07) is 5.97. The third-order valence-electron chi connectivity index (χ3n) is 2.93. The highest BCUT2D eigenvalue weighted by Crippen LogP contribution is 2.25. The van der Waals surface area contributed by atoms with Crippen molar-refractivity contribution in [3.05, 3.63) is 24.3 Å². The fourth-order valence-corrected chi connectivity index (χ4v) is 1.84. The molecule has 0 aromatic heterocycles. The zero-order chi connectivity index (χ0) is 12.3. The number of benzene rings is 1. The number of aromatic hydroxyl groups is 1. The van der Waals surface area contributed by atoms with Crippen LogP contribution < -0.4 is 10.6 Å². The lowest BCUT2D eigenvalue weighted by atomic mass is 9.93. The van der Waals surface area contributed by atoms with Crippen LogP contribution in [0.25, 0.3) is 0 Å². The first-order chi connectivity index (χ1) is 8.10. The number of hydrogen-bond acceptors (Lipinski definition) is 3. The van der Waals surface area contributed by atoms with E-state index in [1.165, 1.54) is 24.3 Å². The molecule has 1 aliphatic rings. The summed E-state index contributed by atoms with van der Waals surface area (Å²) in [5.41, 5.74) is -1.30. The van der Waals surface area contributed by atoms with Crippen molar-refractivity contribution in [1.82, 2.24) is 5.32 Å². The van der Waals surface area contributed by atoms with Gasteiger partial charge >= 0.3 is 0 Å². The summed E-state index contributed by atoms with van der Waals surface area (Å²) in [7, 11) is 0. The molecule has 0 unspecified atom stereocenters. The molecule has 1 fully saturated rings. The van der Waals surface area contributed by atoms with Crippen LogP contribution >= 0.6 is 0 Å². The largest absolute Gasteiger partial charge is 0.508 e. The maximum Gasteiger partial charge on any atom is 0.262 e. The standard InChI is InChI=1S/C12H15FN2O2/c13-12(5-7-14-8-6-12)11(17)15-9-1-3-10(16)4-2-9/h1-4,14,16H,5-8H2,(H,15,17). The molecule has 2 rings (SSSR count). The highest BCUT2D eigenvalue weighted by Gasteiger charge is 2.39. The summed E-state index contributed by atoms with van der Waals surface area (Å²) < 4.78 is 14.2. The zero-order valence-electron chi connectivity index (χ0n) is 9.37. The maximum absolute atomic E-state index is 14.2. The minimum atomic E-state index is -1.79. The number of carbonyl (C=O) groups excluding carboxylic acids is 1. The second kappa shape index (κ2) is 4.71. The van der Waals surface area contributed by atoms with Gasteiger partial charge in [-0.25, -0.2) is 4.39 Å². The van der Waals surface area contributed by atoms with Crippen molar-refractivity contribution >= 4 is 11.6 Å². The number of phenols is 1. The molecule has 0 saturated carbocycles. The van der Waals surface area contributed by atoms with Gasteiger partial charge in [-0.1, -0.05) is 0 Å². The van der Waals surface area contributed by atoms with Crippen molar-refractivity contribution in [3.63, 3.8) is 0 Å². The number of phenolic OH excluding ortho intramolecular Hbond substituents is 1. The average molecular weight is 238 g/mol. The third-order valence-corrected chi connectivity index (χ3v) is 2.93. The van der Waals surface area contributed by atoms with Gasteiger partial charge in [-0.2, -0.15) is 0 Å². The van der Waals surface area contributed by atoms with Crippen molar-refractivity contribution in [2.24, 2.45) is 0 Å². The molecule has 1 aromatic rings. The van der Waals surface area contributed by atoms with Crippen LogP contribution in [0.15, 0.2) is 24.3 Å². The van der Waals surface area contributed by atoms with Crippen LogP contribution in [0.3, 0.4) is 0 Å². The van der Waals surface area contributed by atoms with Crippen LogP contribution in [-0.4, -0.2) is 29.8 Å². The molecule has 0 spiro atoms. The molecule has 1 aromatic carbocycles. The zero-order valence-corrected chi connectivity index (χ0v) is 9.37. The first-order valence-electron chi connectivity index (χ1n) is 5.60. The van der Waals surface area contributed by atoms with Gasteiger partial charge < -0.3 is 15.7 Å². The number of anilines is 1. The fraction of sp³-hybridized carbons (Fsp3) is 0.417. The molecule has 1 amide bonds. The minimum Gasteiger partial charge on any atom is -0.508 e. The van der Waals surface area contributed by atoms with Gasteiger partial charge in [0.25, 0.3) is 5.91 Å². The van der Waals surface area contributed by atoms with Crippen LogP contribution in [0.4, 0.5) is 10.1 Å². The van der Waals surface area contributed by atoms with E-state index in [0.717, 1.165) is 0 Å². The number of carbonyl (C=O) groups is 1. The van der Waals surface area contributed by atoms with E-state index < -0.39 is 11.6 Å². The van der Waals surface area contributed by atoms with Crippen LogP contribution in [0, 0.1) is 0 Å². The number of alkyl halides is 1. The molecule has 0 radical (unpaired) electrons. The average Bonchev–Trinajstić information content (AvgIpc) is 2.33. The summed E-state index contributed by atoms with van der Waals surface area (Å²) in [5.74, 6) is -0.496. The Kier molecular flexibility index (Phi) is 3.28. The summed E-state index contributed by atoms with van der Waals surface area (Å²) in [4.78, 5) is 11.8. The number of piperidine rings is 1. The predicted molar refractivity (Wildman–Crippen MR) is 62.7 cm³/mol. The van der Waals surface area contributed by atoms with E-state index in [-0.39, 0.29) is 18.6 Å². The Hall–Kier alpha value is -1.62. The number of amides is 1. The Morgan fingerprint density at radius 2 is 1.88 bits per heavy atom. The topological polar surface area (TPSA) is 61.4 Å². The molecule has 0 aliphatic carbocycles. The third kappa shape index (κ3) is 2.74. The summed E-state index contributed by atoms with van der Waals surface area (Å²) in [5, 5.41) is 14.6.